The van der Waals surface area contributed by atoms with Crippen molar-refractivity contribution >= 4 is 29.3 Å². The van der Waals surface area contributed by atoms with Gasteiger partial charge in [-0.05, 0) is 108 Å². The Balaban J connectivity index is 1.20. The Hall–Kier alpha value is -6.18. The molecule has 0 saturated carbocycles. The summed E-state index contributed by atoms with van der Waals surface area (Å²) in [5.41, 5.74) is 23.4. The Morgan fingerprint density at radius 2 is 0.789 bits per heavy atom. The molecule has 1 aliphatic carbocycles. The standard InChI is InChI=1S/C56H51B/c1-8-43-19-21-48(22-20-43)51-31-37(2)54(38(3)32-51)57(55-39(4)33-52(34-40(55)5)49-27-23-46(24-28-49)44-15-11-9-12-16-44)56-41(6)35-53(36-42(56)7)50-29-25-47(26-30-50)45-17-13-10-14-18-45/h8-36,39,55H,1H2,2-7H3. The van der Waals surface area contributed by atoms with Crippen molar-refractivity contribution in [2.75, 3.05) is 0 Å². The number of aryl methyl sites for hydroxylation is 4. The lowest BCUT2D eigenvalue weighted by molar-refractivity contribution is 0.699. The fraction of sp³-hybridized carbons (Fsp3) is 0.143. The molecule has 0 heterocycles. The average molecular weight is 735 g/mol. The zero-order chi connectivity index (χ0) is 39.6. The summed E-state index contributed by atoms with van der Waals surface area (Å²) in [6.07, 6.45) is 6.89. The first kappa shape index (κ1) is 37.7. The highest BCUT2D eigenvalue weighted by molar-refractivity contribution is 6.88. The molecule has 8 rings (SSSR count). The molecule has 1 heteroatoms. The number of rotatable bonds is 9. The van der Waals surface area contributed by atoms with Crippen LogP contribution >= 0.6 is 0 Å². The van der Waals surface area contributed by atoms with E-state index in [1.165, 1.54) is 94.4 Å². The van der Waals surface area contributed by atoms with Crippen molar-refractivity contribution in [3.8, 4) is 44.5 Å². The van der Waals surface area contributed by atoms with Crippen molar-refractivity contribution < 1.29 is 0 Å². The normalized spacial score (nSPS) is 15.1. The second-order valence-corrected chi connectivity index (χ2v) is 16.1. The summed E-state index contributed by atoms with van der Waals surface area (Å²) in [6, 6.07) is 57.9. The second kappa shape index (κ2) is 16.1. The number of allylic oxidation sites excluding steroid dienone is 4. The van der Waals surface area contributed by atoms with E-state index in [2.05, 4.69) is 218 Å². The summed E-state index contributed by atoms with van der Waals surface area (Å²) in [7, 11) is 0. The van der Waals surface area contributed by atoms with Gasteiger partial charge in [0.1, 0.15) is 0 Å². The maximum absolute atomic E-state index is 3.96. The molecule has 57 heavy (non-hydrogen) atoms. The first-order valence-electron chi connectivity index (χ1n) is 20.4. The fourth-order valence-corrected chi connectivity index (χ4v) is 9.49. The van der Waals surface area contributed by atoms with Crippen LogP contribution in [0, 0.1) is 33.6 Å². The predicted octanol–water partition coefficient (Wildman–Crippen LogP) is 13.9. The monoisotopic (exact) mass is 734 g/mol. The lowest BCUT2D eigenvalue weighted by Crippen LogP contribution is -2.52. The molecule has 2 unspecified atom stereocenters. The zero-order valence-corrected chi connectivity index (χ0v) is 34.2. The smallest absolute Gasteiger partial charge is 0.0985 e. The van der Waals surface area contributed by atoms with Gasteiger partial charge in [-0.3, -0.25) is 0 Å². The van der Waals surface area contributed by atoms with Crippen LogP contribution in [-0.4, -0.2) is 6.71 Å². The Morgan fingerprint density at radius 1 is 0.439 bits per heavy atom. The third-order valence-electron chi connectivity index (χ3n) is 12.2. The highest BCUT2D eigenvalue weighted by Gasteiger charge is 2.39. The van der Waals surface area contributed by atoms with Gasteiger partial charge in [0.05, 0.1) is 0 Å². The number of benzene rings is 7. The van der Waals surface area contributed by atoms with Crippen molar-refractivity contribution in [3.05, 3.63) is 215 Å². The minimum absolute atomic E-state index is 0.182. The van der Waals surface area contributed by atoms with Crippen LogP contribution in [0.4, 0.5) is 0 Å². The maximum Gasteiger partial charge on any atom is 0.218 e. The molecule has 0 saturated heterocycles. The predicted molar refractivity (Wildman–Crippen MR) is 250 cm³/mol. The minimum atomic E-state index is 0.182. The molecule has 0 aromatic heterocycles. The van der Waals surface area contributed by atoms with Crippen LogP contribution in [-0.2, 0) is 0 Å². The summed E-state index contributed by atoms with van der Waals surface area (Å²) in [4.78, 5) is 0. The van der Waals surface area contributed by atoms with Gasteiger partial charge in [-0.15, -0.1) is 0 Å². The molecular weight excluding hydrogens is 683 g/mol. The van der Waals surface area contributed by atoms with E-state index >= 15 is 0 Å². The molecule has 0 amide bonds. The highest BCUT2D eigenvalue weighted by Crippen LogP contribution is 2.41. The summed E-state index contributed by atoms with van der Waals surface area (Å²) in [5.74, 6) is 0.610. The third-order valence-corrected chi connectivity index (χ3v) is 12.2. The van der Waals surface area contributed by atoms with Crippen molar-refractivity contribution in [2.24, 2.45) is 5.92 Å². The first-order valence-corrected chi connectivity index (χ1v) is 20.4. The van der Waals surface area contributed by atoms with Crippen LogP contribution in [0.25, 0.3) is 56.2 Å². The van der Waals surface area contributed by atoms with Gasteiger partial charge < -0.3 is 0 Å². The van der Waals surface area contributed by atoms with Gasteiger partial charge >= 0.3 is 0 Å². The van der Waals surface area contributed by atoms with Crippen molar-refractivity contribution in [3.63, 3.8) is 0 Å². The van der Waals surface area contributed by atoms with E-state index in [4.69, 9.17) is 0 Å². The van der Waals surface area contributed by atoms with Crippen LogP contribution in [0.1, 0.15) is 47.2 Å². The van der Waals surface area contributed by atoms with E-state index in [9.17, 15) is 0 Å². The molecule has 0 aliphatic heterocycles. The van der Waals surface area contributed by atoms with Gasteiger partial charge in [-0.25, -0.2) is 0 Å². The quantitative estimate of drug-likeness (QED) is 0.130. The Bertz CT molecular complexity index is 2560. The second-order valence-electron chi connectivity index (χ2n) is 16.1. The van der Waals surface area contributed by atoms with E-state index < -0.39 is 0 Å². The minimum Gasteiger partial charge on any atom is -0.0985 e. The molecule has 7 aromatic carbocycles. The van der Waals surface area contributed by atoms with Gasteiger partial charge in [-0.1, -0.05) is 228 Å². The molecule has 0 fully saturated rings. The molecule has 278 valence electrons. The molecule has 0 N–H and O–H groups in total. The molecule has 0 spiro atoms. The Kier molecular flexibility index (Phi) is 10.7. The number of hydrogen-bond donors (Lipinski definition) is 0. The lowest BCUT2D eigenvalue weighted by atomic mass is 9.28. The fourth-order valence-electron chi connectivity index (χ4n) is 9.49. The van der Waals surface area contributed by atoms with Crippen LogP contribution < -0.4 is 10.9 Å². The molecule has 2 atom stereocenters. The van der Waals surface area contributed by atoms with Crippen LogP contribution in [0.3, 0.4) is 0 Å². The van der Waals surface area contributed by atoms with E-state index in [0.717, 1.165) is 5.56 Å². The summed E-state index contributed by atoms with van der Waals surface area (Å²) in [5, 5.41) is 0. The van der Waals surface area contributed by atoms with E-state index in [0.29, 0.717) is 11.7 Å². The lowest BCUT2D eigenvalue weighted by Gasteiger charge is -2.36. The van der Waals surface area contributed by atoms with E-state index in [1.807, 2.05) is 6.08 Å². The van der Waals surface area contributed by atoms with Gasteiger partial charge in [-0.2, -0.15) is 0 Å². The molecule has 1 aliphatic rings. The van der Waals surface area contributed by atoms with E-state index in [-0.39, 0.29) is 6.71 Å². The molecular formula is C56H51B. The van der Waals surface area contributed by atoms with Crippen LogP contribution in [0.15, 0.2) is 182 Å². The molecule has 7 aromatic rings. The number of hydrogen-bond acceptors (Lipinski definition) is 0. The van der Waals surface area contributed by atoms with Gasteiger partial charge in [0.15, 0.2) is 0 Å². The van der Waals surface area contributed by atoms with Crippen molar-refractivity contribution in [1.82, 2.24) is 0 Å². The highest BCUT2D eigenvalue weighted by atomic mass is 14.3. The van der Waals surface area contributed by atoms with Crippen LogP contribution in [0.5, 0.6) is 0 Å². The molecule has 0 radical (unpaired) electrons. The van der Waals surface area contributed by atoms with Crippen molar-refractivity contribution in [1.29, 1.82) is 0 Å². The van der Waals surface area contributed by atoms with Gasteiger partial charge in [0.25, 0.3) is 0 Å². The van der Waals surface area contributed by atoms with E-state index in [1.54, 1.807) is 0 Å². The molecule has 0 nitrogen and oxygen atoms in total. The Morgan fingerprint density at radius 3 is 1.18 bits per heavy atom. The summed E-state index contributed by atoms with van der Waals surface area (Å²) < 4.78 is 0. The Labute approximate surface area is 341 Å². The van der Waals surface area contributed by atoms with Gasteiger partial charge in [0, 0.05) is 0 Å². The zero-order valence-electron chi connectivity index (χ0n) is 34.2. The SMILES string of the molecule is C=Cc1ccc(-c2cc(C)c(B(c3c(C)cc(-c4ccc(-c5ccccc5)cc4)cc3C)C3C(C)=CC(c4ccc(-c5ccccc5)cc4)=CC3C)c(C)c2)cc1. The van der Waals surface area contributed by atoms with Crippen LogP contribution in [0.2, 0.25) is 5.82 Å². The maximum atomic E-state index is 3.96. The summed E-state index contributed by atoms with van der Waals surface area (Å²) >= 11 is 0. The molecule has 0 bridgehead atoms. The van der Waals surface area contributed by atoms with Crippen molar-refractivity contribution in [2.45, 2.75) is 47.4 Å². The topological polar surface area (TPSA) is 0 Å². The first-order chi connectivity index (χ1) is 27.7. The average Bonchev–Trinajstić information content (AvgIpc) is 3.23. The third kappa shape index (κ3) is 7.68. The summed E-state index contributed by atoms with van der Waals surface area (Å²) in [6.45, 7) is 18.3. The van der Waals surface area contributed by atoms with Gasteiger partial charge in [0.2, 0.25) is 6.71 Å². The largest absolute Gasteiger partial charge is 0.218 e.